The number of rotatable bonds is 8. The Kier molecular flexibility index (Phi) is 7.35. The zero-order valence-electron chi connectivity index (χ0n) is 21.6. The first-order valence-corrected chi connectivity index (χ1v) is 12.7. The molecule has 0 spiro atoms. The lowest BCUT2D eigenvalue weighted by Crippen LogP contribution is -2.30. The maximum Gasteiger partial charge on any atom is 0.416 e. The van der Waals surface area contributed by atoms with Crippen LogP contribution < -0.4 is 15.9 Å². The highest BCUT2D eigenvalue weighted by molar-refractivity contribution is 5.87. The third-order valence-electron chi connectivity index (χ3n) is 7.15. The molecule has 0 saturated carbocycles. The molecule has 206 valence electrons. The number of pyridine rings is 1. The molecule has 1 aliphatic heterocycles. The molecule has 11 heteroatoms. The first-order chi connectivity index (χ1) is 18.7. The van der Waals surface area contributed by atoms with Crippen molar-refractivity contribution in [1.82, 2.24) is 14.1 Å². The van der Waals surface area contributed by atoms with Gasteiger partial charge in [-0.05, 0) is 42.7 Å². The van der Waals surface area contributed by atoms with E-state index < -0.39 is 17.4 Å². The second-order valence-corrected chi connectivity index (χ2v) is 9.63. The van der Waals surface area contributed by atoms with E-state index in [1.54, 1.807) is 30.0 Å². The molecule has 1 atom stereocenters. The molecule has 1 N–H and O–H groups in total. The summed E-state index contributed by atoms with van der Waals surface area (Å²) in [6, 6.07) is 11.5. The molecular weight excluding hydrogens is 514 g/mol. The van der Waals surface area contributed by atoms with Crippen LogP contribution >= 0.6 is 0 Å². The van der Waals surface area contributed by atoms with Gasteiger partial charge in [0.1, 0.15) is 11.3 Å². The van der Waals surface area contributed by atoms with Crippen LogP contribution in [-0.4, -0.2) is 47.5 Å². The van der Waals surface area contributed by atoms with Crippen LogP contribution in [0.2, 0.25) is 0 Å². The van der Waals surface area contributed by atoms with Crippen LogP contribution in [0.1, 0.15) is 29.2 Å². The molecule has 0 aliphatic carbocycles. The Labute approximate surface area is 222 Å². The van der Waals surface area contributed by atoms with Gasteiger partial charge in [-0.1, -0.05) is 30.3 Å². The minimum absolute atomic E-state index is 0.0205. The maximum atomic E-state index is 14.7. The van der Waals surface area contributed by atoms with Crippen molar-refractivity contribution in [3.8, 4) is 0 Å². The number of nitrogens with one attached hydrogen (secondary N) is 1. The third kappa shape index (κ3) is 5.10. The molecule has 2 aromatic carbocycles. The van der Waals surface area contributed by atoms with Gasteiger partial charge in [0, 0.05) is 32.9 Å². The average molecular weight is 544 g/mol. The van der Waals surface area contributed by atoms with Crippen molar-refractivity contribution in [2.24, 2.45) is 0 Å². The largest absolute Gasteiger partial charge is 0.416 e. The molecular formula is C28H29F4N5O2. The minimum Gasteiger partial charge on any atom is -0.383 e. The molecule has 0 bridgehead atoms. The highest BCUT2D eigenvalue weighted by Crippen LogP contribution is 2.35. The van der Waals surface area contributed by atoms with Crippen LogP contribution in [0.5, 0.6) is 0 Å². The molecule has 7 nitrogen and oxygen atoms in total. The van der Waals surface area contributed by atoms with E-state index in [4.69, 9.17) is 4.74 Å². The minimum atomic E-state index is -4.57. The van der Waals surface area contributed by atoms with Gasteiger partial charge in [-0.3, -0.25) is 9.13 Å². The van der Waals surface area contributed by atoms with Crippen molar-refractivity contribution in [3.63, 3.8) is 0 Å². The molecule has 5 rings (SSSR count). The first-order valence-electron chi connectivity index (χ1n) is 12.7. The monoisotopic (exact) mass is 543 g/mol. The summed E-state index contributed by atoms with van der Waals surface area (Å²) >= 11 is 0. The lowest BCUT2D eigenvalue weighted by molar-refractivity contribution is -0.138. The van der Waals surface area contributed by atoms with Crippen molar-refractivity contribution in [2.45, 2.75) is 32.1 Å². The number of alkyl halides is 3. The van der Waals surface area contributed by atoms with E-state index in [9.17, 15) is 22.4 Å². The van der Waals surface area contributed by atoms with Crippen molar-refractivity contribution in [2.75, 3.05) is 43.6 Å². The van der Waals surface area contributed by atoms with Gasteiger partial charge in [0.05, 0.1) is 36.0 Å². The van der Waals surface area contributed by atoms with Crippen molar-refractivity contribution in [3.05, 3.63) is 87.7 Å². The Morgan fingerprint density at radius 3 is 2.67 bits per heavy atom. The topological polar surface area (TPSA) is 64.3 Å². The number of hydrogen-bond donors (Lipinski definition) is 1. The lowest BCUT2D eigenvalue weighted by atomic mass is 10.1. The van der Waals surface area contributed by atoms with E-state index in [1.807, 2.05) is 17.9 Å². The zero-order chi connectivity index (χ0) is 27.7. The number of anilines is 2. The fraction of sp³-hybridized carbons (Fsp3) is 0.357. The van der Waals surface area contributed by atoms with Crippen LogP contribution in [0, 0.1) is 12.7 Å². The molecule has 3 heterocycles. The molecule has 0 radical (unpaired) electrons. The summed E-state index contributed by atoms with van der Waals surface area (Å²) in [5.41, 5.74) is 1.00. The standard InChI is InChI=1S/C28H29F4N5O2/c1-18-6-5-9-22(29)24(18)35-14-11-20(17-35)37-23-10-12-33-26(34-13-15-39-2)25(23)36(27(37)38)16-19-7-3-4-8-21(19)28(30,31)32/h3-10,12,20H,11,13-17H2,1-2H3,(H,33,34). The van der Waals surface area contributed by atoms with Gasteiger partial charge in [0.2, 0.25) is 0 Å². The number of ether oxygens (including phenoxy) is 1. The van der Waals surface area contributed by atoms with Crippen molar-refractivity contribution < 1.29 is 22.3 Å². The second-order valence-electron chi connectivity index (χ2n) is 9.63. The van der Waals surface area contributed by atoms with Gasteiger partial charge >= 0.3 is 11.9 Å². The van der Waals surface area contributed by atoms with Crippen LogP contribution in [0.3, 0.4) is 0 Å². The number of imidazole rings is 1. The molecule has 1 unspecified atom stereocenters. The van der Waals surface area contributed by atoms with Gasteiger partial charge in [-0.2, -0.15) is 13.2 Å². The van der Waals surface area contributed by atoms with Gasteiger partial charge in [-0.25, -0.2) is 14.2 Å². The smallest absolute Gasteiger partial charge is 0.383 e. The normalized spacial score (nSPS) is 15.8. The molecule has 1 aliphatic rings. The number of benzene rings is 2. The van der Waals surface area contributed by atoms with E-state index >= 15 is 0 Å². The van der Waals surface area contributed by atoms with E-state index in [0.29, 0.717) is 55.2 Å². The van der Waals surface area contributed by atoms with Crippen LogP contribution in [0.15, 0.2) is 59.5 Å². The van der Waals surface area contributed by atoms with E-state index in [2.05, 4.69) is 10.3 Å². The summed E-state index contributed by atoms with van der Waals surface area (Å²) in [7, 11) is 1.55. The lowest BCUT2D eigenvalue weighted by Gasteiger charge is -2.21. The zero-order valence-corrected chi connectivity index (χ0v) is 21.6. The summed E-state index contributed by atoms with van der Waals surface area (Å²) in [5.74, 6) is 0.0488. The summed E-state index contributed by atoms with van der Waals surface area (Å²) in [4.78, 5) is 20.3. The van der Waals surface area contributed by atoms with Gasteiger partial charge in [0.15, 0.2) is 5.82 Å². The number of aromatic nitrogens is 3. The molecule has 0 amide bonds. The Hall–Kier alpha value is -3.86. The maximum absolute atomic E-state index is 14.7. The number of para-hydroxylation sites is 1. The predicted molar refractivity (Wildman–Crippen MR) is 142 cm³/mol. The van der Waals surface area contributed by atoms with Gasteiger partial charge in [-0.15, -0.1) is 0 Å². The van der Waals surface area contributed by atoms with Crippen LogP contribution in [-0.2, 0) is 17.5 Å². The number of hydrogen-bond acceptors (Lipinski definition) is 5. The van der Waals surface area contributed by atoms with Crippen molar-refractivity contribution in [1.29, 1.82) is 0 Å². The number of fused-ring (bicyclic) bond motifs is 1. The van der Waals surface area contributed by atoms with Gasteiger partial charge < -0.3 is 15.0 Å². The number of aryl methyl sites for hydroxylation is 1. The number of nitrogens with zero attached hydrogens (tertiary/aromatic N) is 4. The SMILES string of the molecule is COCCNc1nccc2c1n(Cc1ccccc1C(F)(F)F)c(=O)n2C1CCN(c2c(C)cccc2F)C1. The summed E-state index contributed by atoms with van der Waals surface area (Å²) in [6.07, 6.45) is -2.43. The Morgan fingerprint density at radius 1 is 1.13 bits per heavy atom. The third-order valence-corrected chi connectivity index (χ3v) is 7.15. The quantitative estimate of drug-likeness (QED) is 0.244. The Bertz CT molecular complexity index is 1530. The van der Waals surface area contributed by atoms with Gasteiger partial charge in [0.25, 0.3) is 0 Å². The second kappa shape index (κ2) is 10.7. The summed E-state index contributed by atoms with van der Waals surface area (Å²) in [6.45, 7) is 3.24. The summed E-state index contributed by atoms with van der Waals surface area (Å²) < 4.78 is 64.2. The van der Waals surface area contributed by atoms with Crippen LogP contribution in [0.25, 0.3) is 11.0 Å². The molecule has 1 saturated heterocycles. The Balaban J connectivity index is 1.61. The highest BCUT2D eigenvalue weighted by atomic mass is 19.4. The fourth-order valence-electron chi connectivity index (χ4n) is 5.42. The molecule has 39 heavy (non-hydrogen) atoms. The number of methoxy groups -OCH3 is 1. The van der Waals surface area contributed by atoms with E-state index in [0.717, 1.165) is 11.6 Å². The Morgan fingerprint density at radius 2 is 1.92 bits per heavy atom. The average Bonchev–Trinajstić information content (AvgIpc) is 3.47. The van der Waals surface area contributed by atoms with Crippen LogP contribution in [0.4, 0.5) is 29.1 Å². The summed E-state index contributed by atoms with van der Waals surface area (Å²) in [5, 5.41) is 3.15. The molecule has 4 aromatic rings. The number of halogens is 4. The van der Waals surface area contributed by atoms with E-state index in [1.165, 1.54) is 28.8 Å². The molecule has 2 aromatic heterocycles. The first kappa shape index (κ1) is 26.7. The molecule has 1 fully saturated rings. The fourth-order valence-corrected chi connectivity index (χ4v) is 5.42. The highest BCUT2D eigenvalue weighted by Gasteiger charge is 2.34. The van der Waals surface area contributed by atoms with E-state index in [-0.39, 0.29) is 24.0 Å². The van der Waals surface area contributed by atoms with Crippen molar-refractivity contribution >= 4 is 22.5 Å². The predicted octanol–water partition coefficient (Wildman–Crippen LogP) is 5.22.